The van der Waals surface area contributed by atoms with Crippen molar-refractivity contribution in [3.05, 3.63) is 35.9 Å². The van der Waals surface area contributed by atoms with Crippen molar-refractivity contribution in [3.8, 4) is 11.6 Å². The lowest BCUT2D eigenvalue weighted by Crippen LogP contribution is -2.35. The molecule has 1 amide bonds. The molecule has 0 fully saturated rings. The minimum absolute atomic E-state index is 0.179. The van der Waals surface area contributed by atoms with E-state index >= 15 is 0 Å². The molecule has 7 nitrogen and oxygen atoms in total. The van der Waals surface area contributed by atoms with Gasteiger partial charge < -0.3 is 20.9 Å². The van der Waals surface area contributed by atoms with Crippen LogP contribution in [0.2, 0.25) is 0 Å². The third-order valence-corrected chi connectivity index (χ3v) is 2.96. The van der Waals surface area contributed by atoms with E-state index in [4.69, 9.17) is 15.6 Å². The van der Waals surface area contributed by atoms with Crippen molar-refractivity contribution in [2.75, 3.05) is 12.3 Å². The van der Waals surface area contributed by atoms with Gasteiger partial charge in [-0.05, 0) is 26.0 Å². The lowest BCUT2D eigenvalue weighted by molar-refractivity contribution is 0.182. The van der Waals surface area contributed by atoms with Crippen LogP contribution < -0.4 is 15.8 Å². The quantitative estimate of drug-likeness (QED) is 0.779. The van der Waals surface area contributed by atoms with Crippen molar-refractivity contribution in [3.63, 3.8) is 0 Å². The molecule has 1 aromatic carbocycles. The number of ether oxygens (including phenoxy) is 1. The van der Waals surface area contributed by atoms with Gasteiger partial charge in [-0.1, -0.05) is 18.2 Å². The summed E-state index contributed by atoms with van der Waals surface area (Å²) in [4.78, 5) is 10.5. The van der Waals surface area contributed by atoms with Crippen LogP contribution in [0.5, 0.6) is 5.88 Å². The Morgan fingerprint density at radius 1 is 1.48 bits per heavy atom. The molecule has 1 heterocycles. The summed E-state index contributed by atoms with van der Waals surface area (Å²) in [5.41, 5.74) is 7.59. The van der Waals surface area contributed by atoms with Crippen molar-refractivity contribution in [2.24, 2.45) is 0 Å². The Morgan fingerprint density at radius 3 is 2.76 bits per heavy atom. The van der Waals surface area contributed by atoms with Crippen LogP contribution in [0.15, 0.2) is 30.3 Å². The number of hydrogen-bond donors (Lipinski definition) is 3. The van der Waals surface area contributed by atoms with E-state index in [9.17, 15) is 4.79 Å². The van der Waals surface area contributed by atoms with Gasteiger partial charge in [0.15, 0.2) is 0 Å². The van der Waals surface area contributed by atoms with Crippen LogP contribution in [0.1, 0.15) is 12.5 Å². The smallest absolute Gasteiger partial charge is 0.404 e. The highest BCUT2D eigenvalue weighted by Crippen LogP contribution is 2.25. The average Bonchev–Trinajstić information content (AvgIpc) is 2.73. The Hall–Kier alpha value is -2.70. The van der Waals surface area contributed by atoms with Crippen LogP contribution in [0.3, 0.4) is 0 Å². The molecule has 4 N–H and O–H groups in total. The van der Waals surface area contributed by atoms with Crippen molar-refractivity contribution in [1.29, 1.82) is 0 Å². The number of hydrogen-bond acceptors (Lipinski definition) is 4. The molecule has 1 aromatic heterocycles. The predicted octanol–water partition coefficient (Wildman–Crippen LogP) is 1.80. The largest absolute Gasteiger partial charge is 0.474 e. The number of nitrogens with one attached hydrogen (secondary N) is 1. The normalized spacial score (nSPS) is 11.9. The van der Waals surface area contributed by atoms with E-state index in [0.29, 0.717) is 11.7 Å². The maximum atomic E-state index is 10.5. The molecule has 0 bridgehead atoms. The average molecular weight is 290 g/mol. The van der Waals surface area contributed by atoms with E-state index < -0.39 is 6.09 Å². The van der Waals surface area contributed by atoms with Crippen LogP contribution >= 0.6 is 0 Å². The summed E-state index contributed by atoms with van der Waals surface area (Å²) in [5, 5.41) is 15.3. The first-order chi connectivity index (χ1) is 9.99. The van der Waals surface area contributed by atoms with Crippen molar-refractivity contribution in [2.45, 2.75) is 19.9 Å². The first-order valence-electron chi connectivity index (χ1n) is 6.51. The van der Waals surface area contributed by atoms with Crippen LogP contribution in [0.4, 0.5) is 10.6 Å². The summed E-state index contributed by atoms with van der Waals surface area (Å²) >= 11 is 0. The first-order valence-corrected chi connectivity index (χ1v) is 6.51. The maximum absolute atomic E-state index is 10.5. The van der Waals surface area contributed by atoms with Gasteiger partial charge in [0, 0.05) is 0 Å². The number of carboxylic acid groups (broad SMARTS) is 1. The summed E-state index contributed by atoms with van der Waals surface area (Å²) in [6.07, 6.45) is -1.09. The highest BCUT2D eigenvalue weighted by molar-refractivity contribution is 5.64. The second kappa shape index (κ2) is 6.17. The highest BCUT2D eigenvalue weighted by atomic mass is 16.5. The molecule has 0 saturated heterocycles. The second-order valence-corrected chi connectivity index (χ2v) is 4.72. The van der Waals surface area contributed by atoms with Crippen LogP contribution in [0.25, 0.3) is 5.69 Å². The number of nitrogen functional groups attached to an aromatic ring is 1. The SMILES string of the molecule is Cc1c(OCC(C)NC(=O)O)nn(-c2ccccc2)c1N. The fourth-order valence-corrected chi connectivity index (χ4v) is 1.85. The van der Waals surface area contributed by atoms with E-state index in [2.05, 4.69) is 10.4 Å². The maximum Gasteiger partial charge on any atom is 0.404 e. The first kappa shape index (κ1) is 14.7. The Labute approximate surface area is 122 Å². The molecule has 0 aliphatic rings. The van der Waals surface area contributed by atoms with Gasteiger partial charge in [-0.25, -0.2) is 9.48 Å². The van der Waals surface area contributed by atoms with Gasteiger partial charge in [-0.3, -0.25) is 0 Å². The Bertz CT molecular complexity index is 625. The highest BCUT2D eigenvalue weighted by Gasteiger charge is 2.15. The minimum atomic E-state index is -1.09. The molecule has 2 aromatic rings. The van der Waals surface area contributed by atoms with Crippen molar-refractivity contribution in [1.82, 2.24) is 15.1 Å². The molecule has 0 spiro atoms. The number of para-hydroxylation sites is 1. The molecule has 7 heteroatoms. The molecule has 1 atom stereocenters. The molecular weight excluding hydrogens is 272 g/mol. The second-order valence-electron chi connectivity index (χ2n) is 4.72. The van der Waals surface area contributed by atoms with Gasteiger partial charge in [-0.2, -0.15) is 0 Å². The number of carbonyl (C=O) groups is 1. The van der Waals surface area contributed by atoms with Gasteiger partial charge in [0.25, 0.3) is 0 Å². The van der Waals surface area contributed by atoms with Crippen LogP contribution in [-0.4, -0.2) is 33.6 Å². The topological polar surface area (TPSA) is 102 Å². The number of aromatic nitrogens is 2. The van der Waals surface area contributed by atoms with Gasteiger partial charge >= 0.3 is 6.09 Å². The van der Waals surface area contributed by atoms with Crippen LogP contribution in [-0.2, 0) is 0 Å². The summed E-state index contributed by atoms with van der Waals surface area (Å²) < 4.78 is 7.14. The third-order valence-electron chi connectivity index (χ3n) is 2.96. The standard InChI is InChI=1S/C14H18N4O3/c1-9(16-14(19)20)8-21-13-10(2)12(15)18(17-13)11-6-4-3-5-7-11/h3-7,9,16H,8,15H2,1-2H3,(H,19,20). The van der Waals surface area contributed by atoms with Crippen molar-refractivity contribution >= 4 is 11.9 Å². The number of amides is 1. The zero-order chi connectivity index (χ0) is 15.4. The summed E-state index contributed by atoms with van der Waals surface area (Å²) in [6, 6.07) is 9.14. The summed E-state index contributed by atoms with van der Waals surface area (Å²) in [6.45, 7) is 3.70. The molecule has 0 radical (unpaired) electrons. The lowest BCUT2D eigenvalue weighted by atomic mass is 10.3. The number of benzene rings is 1. The fraction of sp³-hybridized carbons (Fsp3) is 0.286. The number of anilines is 1. The minimum Gasteiger partial charge on any atom is -0.474 e. The van der Waals surface area contributed by atoms with Crippen molar-refractivity contribution < 1.29 is 14.6 Å². The molecular formula is C14H18N4O3. The zero-order valence-electron chi connectivity index (χ0n) is 11.9. The van der Waals surface area contributed by atoms with Gasteiger partial charge in [0.1, 0.15) is 12.4 Å². The van der Waals surface area contributed by atoms with Gasteiger partial charge in [-0.15, -0.1) is 5.10 Å². The molecule has 112 valence electrons. The Balaban J connectivity index is 2.13. The predicted molar refractivity (Wildman–Crippen MR) is 78.8 cm³/mol. The molecule has 0 saturated carbocycles. The third kappa shape index (κ3) is 3.44. The Morgan fingerprint density at radius 2 is 2.14 bits per heavy atom. The number of nitrogens with two attached hydrogens (primary N) is 1. The van der Waals surface area contributed by atoms with Crippen LogP contribution in [0, 0.1) is 6.92 Å². The van der Waals surface area contributed by atoms with E-state index in [1.165, 1.54) is 0 Å². The zero-order valence-corrected chi connectivity index (χ0v) is 11.9. The number of nitrogens with zero attached hydrogens (tertiary/aromatic N) is 2. The van der Waals surface area contributed by atoms with E-state index in [1.54, 1.807) is 11.6 Å². The van der Waals surface area contributed by atoms with E-state index in [-0.39, 0.29) is 12.6 Å². The summed E-state index contributed by atoms with van der Waals surface area (Å²) in [7, 11) is 0. The molecule has 0 aliphatic carbocycles. The van der Waals surface area contributed by atoms with Gasteiger partial charge in [0.2, 0.25) is 5.88 Å². The molecule has 2 rings (SSSR count). The monoisotopic (exact) mass is 290 g/mol. The Kier molecular flexibility index (Phi) is 4.32. The molecule has 21 heavy (non-hydrogen) atoms. The lowest BCUT2D eigenvalue weighted by Gasteiger charge is -2.11. The van der Waals surface area contributed by atoms with E-state index in [0.717, 1.165) is 11.3 Å². The fourth-order valence-electron chi connectivity index (χ4n) is 1.85. The number of rotatable bonds is 5. The molecule has 1 unspecified atom stereocenters. The van der Waals surface area contributed by atoms with E-state index in [1.807, 2.05) is 37.3 Å². The summed E-state index contributed by atoms with van der Waals surface area (Å²) in [5.74, 6) is 0.894. The van der Waals surface area contributed by atoms with Gasteiger partial charge in [0.05, 0.1) is 17.3 Å². The molecule has 0 aliphatic heterocycles.